The number of rotatable bonds is 5. The van der Waals surface area contributed by atoms with Crippen molar-refractivity contribution in [2.24, 2.45) is 0 Å². The number of fused-ring (bicyclic) bond motifs is 1. The van der Waals surface area contributed by atoms with Crippen LogP contribution in [0.3, 0.4) is 0 Å². The van der Waals surface area contributed by atoms with Crippen LogP contribution in [0.15, 0.2) is 42.6 Å². The van der Waals surface area contributed by atoms with Gasteiger partial charge in [-0.3, -0.25) is 9.59 Å². The summed E-state index contributed by atoms with van der Waals surface area (Å²) in [5, 5.41) is 5.69. The highest BCUT2D eigenvalue weighted by molar-refractivity contribution is 6.34. The normalized spacial score (nSPS) is 16.2. The van der Waals surface area contributed by atoms with Crippen LogP contribution in [0.25, 0.3) is 11.6 Å². The zero-order chi connectivity index (χ0) is 21.3. The number of nitrogens with one attached hydrogen (secondary N) is 3. The molecule has 154 valence electrons. The van der Waals surface area contributed by atoms with Gasteiger partial charge in [0.1, 0.15) is 5.82 Å². The summed E-state index contributed by atoms with van der Waals surface area (Å²) in [7, 11) is 0. The number of amides is 2. The summed E-state index contributed by atoms with van der Waals surface area (Å²) in [5.41, 5.74) is 4.14. The predicted octanol–water partition coefficient (Wildman–Crippen LogP) is 3.38. The Kier molecular flexibility index (Phi) is 5.27. The molecule has 2 aromatic rings. The van der Waals surface area contributed by atoms with Crippen molar-refractivity contribution in [2.45, 2.75) is 13.8 Å². The Morgan fingerprint density at radius 3 is 2.90 bits per heavy atom. The van der Waals surface area contributed by atoms with Gasteiger partial charge in [0.25, 0.3) is 11.8 Å². The van der Waals surface area contributed by atoms with Crippen molar-refractivity contribution in [3.8, 4) is 0 Å². The van der Waals surface area contributed by atoms with Gasteiger partial charge < -0.3 is 20.5 Å². The molecule has 0 spiro atoms. The van der Waals surface area contributed by atoms with E-state index in [4.69, 9.17) is 0 Å². The standard InChI is InChI=1S/C23H23FN4O2/c1-14-20(13-18-17-12-16(24)6-7-19(17)27-22(18)29)26-15(2)21(14)23(30)25-8-11-28-9-4-3-5-10-28/h3-7,9,12-13,26H,8,10-11H2,1-2H3,(H,25,30)(H,27,29)/b18-13-. The molecule has 0 bridgehead atoms. The smallest absolute Gasteiger partial charge is 0.256 e. The molecular weight excluding hydrogens is 383 g/mol. The van der Waals surface area contributed by atoms with Gasteiger partial charge in [-0.05, 0) is 56.0 Å². The largest absolute Gasteiger partial charge is 0.372 e. The van der Waals surface area contributed by atoms with Gasteiger partial charge in [-0.25, -0.2) is 4.39 Å². The molecule has 0 saturated carbocycles. The van der Waals surface area contributed by atoms with Crippen molar-refractivity contribution in [3.63, 3.8) is 0 Å². The van der Waals surface area contributed by atoms with E-state index >= 15 is 0 Å². The first-order chi connectivity index (χ1) is 14.4. The van der Waals surface area contributed by atoms with Crippen molar-refractivity contribution < 1.29 is 14.0 Å². The first-order valence-corrected chi connectivity index (χ1v) is 9.82. The maximum atomic E-state index is 13.7. The number of hydrogen-bond acceptors (Lipinski definition) is 3. The van der Waals surface area contributed by atoms with Gasteiger partial charge in [-0.15, -0.1) is 0 Å². The summed E-state index contributed by atoms with van der Waals surface area (Å²) in [4.78, 5) is 30.4. The molecule has 4 rings (SSSR count). The highest BCUT2D eigenvalue weighted by Crippen LogP contribution is 2.34. The topological polar surface area (TPSA) is 77.2 Å². The van der Waals surface area contributed by atoms with Crippen LogP contribution in [0.5, 0.6) is 0 Å². The fraction of sp³-hybridized carbons (Fsp3) is 0.217. The number of aryl methyl sites for hydroxylation is 1. The molecule has 0 unspecified atom stereocenters. The highest BCUT2D eigenvalue weighted by Gasteiger charge is 2.26. The maximum absolute atomic E-state index is 13.7. The number of allylic oxidation sites excluding steroid dienone is 2. The number of hydrogen-bond donors (Lipinski definition) is 3. The van der Waals surface area contributed by atoms with Crippen LogP contribution in [0.2, 0.25) is 0 Å². The van der Waals surface area contributed by atoms with E-state index in [2.05, 4.69) is 26.6 Å². The van der Waals surface area contributed by atoms with Crippen LogP contribution in [0, 0.1) is 19.7 Å². The minimum Gasteiger partial charge on any atom is -0.372 e. The molecule has 2 aliphatic rings. The van der Waals surface area contributed by atoms with E-state index in [1.54, 1.807) is 12.1 Å². The number of halogens is 1. The molecule has 1 aromatic carbocycles. The lowest BCUT2D eigenvalue weighted by Gasteiger charge is -2.20. The van der Waals surface area contributed by atoms with Crippen molar-refractivity contribution in [1.29, 1.82) is 0 Å². The van der Waals surface area contributed by atoms with Crippen molar-refractivity contribution >= 4 is 29.2 Å². The Morgan fingerprint density at radius 1 is 1.30 bits per heavy atom. The molecule has 3 N–H and O–H groups in total. The highest BCUT2D eigenvalue weighted by atomic mass is 19.1. The number of benzene rings is 1. The third kappa shape index (κ3) is 3.78. The second-order valence-corrected chi connectivity index (χ2v) is 7.39. The lowest BCUT2D eigenvalue weighted by molar-refractivity contribution is -0.110. The monoisotopic (exact) mass is 406 g/mol. The molecule has 1 aromatic heterocycles. The summed E-state index contributed by atoms with van der Waals surface area (Å²) < 4.78 is 13.7. The minimum atomic E-state index is -0.408. The lowest BCUT2D eigenvalue weighted by atomic mass is 10.0. The van der Waals surface area contributed by atoms with Gasteiger partial charge in [0, 0.05) is 42.3 Å². The summed E-state index contributed by atoms with van der Waals surface area (Å²) in [6.07, 6.45) is 9.69. The van der Waals surface area contributed by atoms with Gasteiger partial charge >= 0.3 is 0 Å². The summed E-state index contributed by atoms with van der Waals surface area (Å²) in [6.45, 7) is 5.73. The second-order valence-electron chi connectivity index (χ2n) is 7.39. The van der Waals surface area contributed by atoms with Crippen LogP contribution in [0.1, 0.15) is 32.9 Å². The number of carbonyl (C=O) groups is 2. The Hall–Kier alpha value is -3.61. The van der Waals surface area contributed by atoms with Crippen molar-refractivity contribution in [1.82, 2.24) is 15.2 Å². The molecule has 6 nitrogen and oxygen atoms in total. The number of aromatic nitrogens is 1. The third-order valence-corrected chi connectivity index (χ3v) is 5.33. The summed E-state index contributed by atoms with van der Waals surface area (Å²) >= 11 is 0. The molecule has 30 heavy (non-hydrogen) atoms. The van der Waals surface area contributed by atoms with Gasteiger partial charge in [-0.1, -0.05) is 12.2 Å². The van der Waals surface area contributed by atoms with E-state index in [-0.39, 0.29) is 11.8 Å². The van der Waals surface area contributed by atoms with Crippen LogP contribution in [-0.2, 0) is 4.79 Å². The number of aromatic amines is 1. The fourth-order valence-electron chi connectivity index (χ4n) is 3.78. The Labute approximate surface area is 174 Å². The molecule has 0 radical (unpaired) electrons. The molecule has 0 fully saturated rings. The molecule has 0 atom stereocenters. The predicted molar refractivity (Wildman–Crippen MR) is 115 cm³/mol. The SMILES string of the molecule is Cc1[nH]c(/C=C2\C(=O)Nc3ccc(F)cc32)c(C)c1C(=O)NCCN1C=CC=CC1. The van der Waals surface area contributed by atoms with E-state index in [0.29, 0.717) is 41.2 Å². The molecule has 7 heteroatoms. The molecule has 3 heterocycles. The number of carbonyl (C=O) groups excluding carboxylic acids is 2. The molecule has 0 saturated heterocycles. The Bertz CT molecular complexity index is 1110. The fourth-order valence-corrected chi connectivity index (χ4v) is 3.78. The summed E-state index contributed by atoms with van der Waals surface area (Å²) in [5.74, 6) is -0.865. The van der Waals surface area contributed by atoms with E-state index in [0.717, 1.165) is 17.8 Å². The van der Waals surface area contributed by atoms with Crippen molar-refractivity contribution in [3.05, 3.63) is 76.5 Å². The molecule has 0 aliphatic carbocycles. The van der Waals surface area contributed by atoms with Crippen molar-refractivity contribution in [2.75, 3.05) is 25.0 Å². The average molecular weight is 406 g/mol. The van der Waals surface area contributed by atoms with Gasteiger partial charge in [0.2, 0.25) is 0 Å². The van der Waals surface area contributed by atoms with Gasteiger partial charge in [0.15, 0.2) is 0 Å². The first kappa shape index (κ1) is 19.7. The number of nitrogens with zero attached hydrogens (tertiary/aromatic N) is 1. The van der Waals surface area contributed by atoms with E-state index < -0.39 is 5.82 Å². The van der Waals surface area contributed by atoms with E-state index in [1.165, 1.54) is 12.1 Å². The first-order valence-electron chi connectivity index (χ1n) is 9.82. The third-order valence-electron chi connectivity index (χ3n) is 5.33. The van der Waals surface area contributed by atoms with Crippen LogP contribution >= 0.6 is 0 Å². The van der Waals surface area contributed by atoms with E-state index in [1.807, 2.05) is 32.2 Å². The van der Waals surface area contributed by atoms with E-state index in [9.17, 15) is 14.0 Å². The Balaban J connectivity index is 1.53. The second kappa shape index (κ2) is 8.02. The Morgan fingerprint density at radius 2 is 2.13 bits per heavy atom. The zero-order valence-corrected chi connectivity index (χ0v) is 16.9. The van der Waals surface area contributed by atoms with Gasteiger partial charge in [-0.2, -0.15) is 0 Å². The quantitative estimate of drug-likeness (QED) is 0.667. The van der Waals surface area contributed by atoms with Crippen LogP contribution in [0.4, 0.5) is 10.1 Å². The number of H-pyrrole nitrogens is 1. The molecule has 2 amide bonds. The maximum Gasteiger partial charge on any atom is 0.256 e. The van der Waals surface area contributed by atoms with Gasteiger partial charge in [0.05, 0.1) is 11.1 Å². The minimum absolute atomic E-state index is 0.162. The molecular formula is C23H23FN4O2. The number of anilines is 1. The lowest BCUT2D eigenvalue weighted by Crippen LogP contribution is -2.33. The molecule has 2 aliphatic heterocycles. The average Bonchev–Trinajstić information content (AvgIpc) is 3.18. The van der Waals surface area contributed by atoms with Crippen LogP contribution < -0.4 is 10.6 Å². The zero-order valence-electron chi connectivity index (χ0n) is 16.9. The van der Waals surface area contributed by atoms with Crippen LogP contribution in [-0.4, -0.2) is 41.3 Å². The summed E-state index contributed by atoms with van der Waals surface area (Å²) in [6, 6.07) is 4.19.